The molecular formula is C21H30O2. The third-order valence-corrected chi connectivity index (χ3v) is 4.92. The second kappa shape index (κ2) is 9.54. The van der Waals surface area contributed by atoms with Gasteiger partial charge in [-0.05, 0) is 55.7 Å². The molecule has 0 N–H and O–H groups in total. The van der Waals surface area contributed by atoms with Gasteiger partial charge in [0, 0.05) is 0 Å². The Bertz CT molecular complexity index is 481. The molecule has 0 radical (unpaired) electrons. The van der Waals surface area contributed by atoms with Gasteiger partial charge in [0.25, 0.3) is 0 Å². The summed E-state index contributed by atoms with van der Waals surface area (Å²) >= 11 is 0. The van der Waals surface area contributed by atoms with Gasteiger partial charge in [0.15, 0.2) is 0 Å². The van der Waals surface area contributed by atoms with Gasteiger partial charge in [-0.3, -0.25) is 4.79 Å². The fourth-order valence-electron chi connectivity index (χ4n) is 3.43. The van der Waals surface area contributed by atoms with E-state index in [1.54, 1.807) is 0 Å². The van der Waals surface area contributed by atoms with Crippen LogP contribution in [0.15, 0.2) is 36.9 Å². The summed E-state index contributed by atoms with van der Waals surface area (Å²) in [6, 6.07) is 7.75. The van der Waals surface area contributed by atoms with E-state index in [1.807, 2.05) is 30.3 Å². The lowest BCUT2D eigenvalue weighted by molar-refractivity contribution is -0.140. The number of hydrogen-bond donors (Lipinski definition) is 0. The number of carbonyl (C=O) groups is 1. The number of rotatable bonds is 8. The highest BCUT2D eigenvalue weighted by Gasteiger charge is 2.27. The Morgan fingerprint density at radius 1 is 1.17 bits per heavy atom. The predicted molar refractivity (Wildman–Crippen MR) is 95.6 cm³/mol. The second-order valence-electron chi connectivity index (χ2n) is 6.77. The van der Waals surface area contributed by atoms with Gasteiger partial charge in [0.05, 0.1) is 5.92 Å². The van der Waals surface area contributed by atoms with Crippen LogP contribution in [-0.2, 0) is 11.2 Å². The molecule has 0 aliphatic heterocycles. The zero-order valence-electron chi connectivity index (χ0n) is 14.4. The molecule has 0 unspecified atom stereocenters. The molecule has 0 aromatic heterocycles. The van der Waals surface area contributed by atoms with Crippen LogP contribution in [0.4, 0.5) is 0 Å². The van der Waals surface area contributed by atoms with Crippen molar-refractivity contribution < 1.29 is 9.53 Å². The molecule has 2 nitrogen and oxygen atoms in total. The smallest absolute Gasteiger partial charge is 0.314 e. The van der Waals surface area contributed by atoms with E-state index >= 15 is 0 Å². The van der Waals surface area contributed by atoms with Crippen LogP contribution in [0.1, 0.15) is 63.9 Å². The van der Waals surface area contributed by atoms with Gasteiger partial charge in [-0.25, -0.2) is 0 Å². The van der Waals surface area contributed by atoms with Crippen molar-refractivity contribution >= 4 is 5.97 Å². The fourth-order valence-corrected chi connectivity index (χ4v) is 3.43. The molecule has 0 atom stereocenters. The zero-order chi connectivity index (χ0) is 16.5. The van der Waals surface area contributed by atoms with Crippen molar-refractivity contribution in [2.75, 3.05) is 0 Å². The Morgan fingerprint density at radius 2 is 1.87 bits per heavy atom. The molecule has 1 aliphatic carbocycles. The largest absolute Gasteiger partial charge is 0.426 e. The maximum Gasteiger partial charge on any atom is 0.314 e. The van der Waals surface area contributed by atoms with Crippen molar-refractivity contribution in [3.63, 3.8) is 0 Å². The molecule has 2 rings (SSSR count). The normalized spacial score (nSPS) is 20.9. The summed E-state index contributed by atoms with van der Waals surface area (Å²) in [7, 11) is 0. The lowest BCUT2D eigenvalue weighted by Gasteiger charge is -2.27. The summed E-state index contributed by atoms with van der Waals surface area (Å²) in [4.78, 5) is 12.3. The SMILES string of the molecule is C=CCc1ccc(OC(=O)C2CCC(CCCCC)CC2)cc1. The van der Waals surface area contributed by atoms with E-state index in [1.165, 1.54) is 44.1 Å². The third-order valence-electron chi connectivity index (χ3n) is 4.92. The van der Waals surface area contributed by atoms with Gasteiger partial charge in [0.1, 0.15) is 5.75 Å². The van der Waals surface area contributed by atoms with Crippen LogP contribution in [0.2, 0.25) is 0 Å². The van der Waals surface area contributed by atoms with E-state index in [2.05, 4.69) is 13.5 Å². The summed E-state index contributed by atoms with van der Waals surface area (Å²) in [6.07, 6.45) is 12.4. The quantitative estimate of drug-likeness (QED) is 0.266. The minimum absolute atomic E-state index is 0.0477. The molecule has 0 bridgehead atoms. The molecule has 1 aromatic rings. The topological polar surface area (TPSA) is 26.3 Å². The number of esters is 1. The Labute approximate surface area is 140 Å². The number of allylic oxidation sites excluding steroid dienone is 1. The van der Waals surface area contributed by atoms with Crippen LogP contribution >= 0.6 is 0 Å². The number of benzene rings is 1. The molecule has 0 heterocycles. The second-order valence-corrected chi connectivity index (χ2v) is 6.77. The number of carbonyl (C=O) groups excluding carboxylic acids is 1. The van der Waals surface area contributed by atoms with Crippen LogP contribution in [0.25, 0.3) is 0 Å². The third kappa shape index (κ3) is 5.85. The standard InChI is InChI=1S/C21H30O2/c1-3-5-6-8-18-9-13-19(14-10-18)21(22)23-20-15-11-17(7-4-2)12-16-20/h4,11-12,15-16,18-19H,2-3,5-10,13-14H2,1H3. The molecular weight excluding hydrogens is 284 g/mol. The summed E-state index contributed by atoms with van der Waals surface area (Å²) in [5.41, 5.74) is 1.19. The van der Waals surface area contributed by atoms with E-state index in [9.17, 15) is 4.79 Å². The molecule has 0 amide bonds. The Kier molecular flexibility index (Phi) is 7.38. The van der Waals surface area contributed by atoms with Crippen molar-refractivity contribution in [3.8, 4) is 5.75 Å². The minimum Gasteiger partial charge on any atom is -0.426 e. The lowest BCUT2D eigenvalue weighted by atomic mass is 9.80. The van der Waals surface area contributed by atoms with Gasteiger partial charge in [0.2, 0.25) is 0 Å². The molecule has 0 spiro atoms. The maximum atomic E-state index is 12.3. The first-order chi connectivity index (χ1) is 11.2. The van der Waals surface area contributed by atoms with Crippen LogP contribution < -0.4 is 4.74 Å². The van der Waals surface area contributed by atoms with Crippen molar-refractivity contribution in [3.05, 3.63) is 42.5 Å². The van der Waals surface area contributed by atoms with Gasteiger partial charge >= 0.3 is 5.97 Å². The maximum absolute atomic E-state index is 12.3. The van der Waals surface area contributed by atoms with E-state index < -0.39 is 0 Å². The van der Waals surface area contributed by atoms with Gasteiger partial charge in [-0.15, -0.1) is 6.58 Å². The lowest BCUT2D eigenvalue weighted by Crippen LogP contribution is -2.25. The molecule has 1 saturated carbocycles. The summed E-state index contributed by atoms with van der Waals surface area (Å²) in [6.45, 7) is 5.98. The average Bonchev–Trinajstić information content (AvgIpc) is 2.58. The van der Waals surface area contributed by atoms with Crippen LogP contribution in [-0.4, -0.2) is 5.97 Å². The zero-order valence-corrected chi connectivity index (χ0v) is 14.4. The first-order valence-electron chi connectivity index (χ1n) is 9.14. The minimum atomic E-state index is -0.0477. The molecule has 0 saturated heterocycles. The van der Waals surface area contributed by atoms with E-state index in [4.69, 9.17) is 4.74 Å². The molecule has 126 valence electrons. The molecule has 2 heteroatoms. The van der Waals surface area contributed by atoms with Crippen molar-refractivity contribution in [1.29, 1.82) is 0 Å². The highest BCUT2D eigenvalue weighted by Crippen LogP contribution is 2.33. The summed E-state index contributed by atoms with van der Waals surface area (Å²) in [5.74, 6) is 1.52. The van der Waals surface area contributed by atoms with Gasteiger partial charge in [-0.2, -0.15) is 0 Å². The summed E-state index contributed by atoms with van der Waals surface area (Å²) in [5, 5.41) is 0. The first kappa shape index (κ1) is 17.8. The number of hydrogen-bond acceptors (Lipinski definition) is 2. The number of ether oxygens (including phenoxy) is 1. The summed E-state index contributed by atoms with van der Waals surface area (Å²) < 4.78 is 5.56. The van der Waals surface area contributed by atoms with Crippen LogP contribution in [0.3, 0.4) is 0 Å². The highest BCUT2D eigenvalue weighted by molar-refractivity contribution is 5.75. The van der Waals surface area contributed by atoms with E-state index in [0.29, 0.717) is 5.75 Å². The fraction of sp³-hybridized carbons (Fsp3) is 0.571. The van der Waals surface area contributed by atoms with Crippen molar-refractivity contribution in [2.45, 2.75) is 64.7 Å². The van der Waals surface area contributed by atoms with Gasteiger partial charge in [-0.1, -0.05) is 50.8 Å². The Morgan fingerprint density at radius 3 is 2.48 bits per heavy atom. The van der Waals surface area contributed by atoms with Crippen LogP contribution in [0, 0.1) is 11.8 Å². The van der Waals surface area contributed by atoms with E-state index in [-0.39, 0.29) is 11.9 Å². The monoisotopic (exact) mass is 314 g/mol. The average molecular weight is 314 g/mol. The van der Waals surface area contributed by atoms with Crippen molar-refractivity contribution in [2.24, 2.45) is 11.8 Å². The predicted octanol–water partition coefficient (Wildman–Crippen LogP) is 5.71. The molecule has 1 aliphatic rings. The Hall–Kier alpha value is -1.57. The first-order valence-corrected chi connectivity index (χ1v) is 9.14. The van der Waals surface area contributed by atoms with Crippen LogP contribution in [0.5, 0.6) is 5.75 Å². The van der Waals surface area contributed by atoms with E-state index in [0.717, 1.165) is 25.2 Å². The molecule has 1 fully saturated rings. The highest BCUT2D eigenvalue weighted by atomic mass is 16.5. The molecule has 23 heavy (non-hydrogen) atoms. The van der Waals surface area contributed by atoms with Gasteiger partial charge < -0.3 is 4.74 Å². The molecule has 1 aromatic carbocycles. The Balaban J connectivity index is 1.75. The number of unbranched alkanes of at least 4 members (excludes halogenated alkanes) is 2. The van der Waals surface area contributed by atoms with Crippen molar-refractivity contribution in [1.82, 2.24) is 0 Å².